The average molecular weight is 169 g/mol. The molecule has 0 heterocycles. The lowest BCUT2D eigenvalue weighted by atomic mass is 10.5. The Bertz CT molecular complexity index is 154. The van der Waals surface area contributed by atoms with Gasteiger partial charge in [-0.25, -0.2) is 0 Å². The van der Waals surface area contributed by atoms with Crippen molar-refractivity contribution < 1.29 is 4.92 Å². The molecule has 4 nitrogen and oxygen atoms in total. The molecule has 0 saturated carbocycles. The van der Waals surface area contributed by atoms with Crippen molar-refractivity contribution in [3.63, 3.8) is 0 Å². The molecule has 0 radical (unpaired) electrons. The number of halogens is 2. The van der Waals surface area contributed by atoms with Crippen molar-refractivity contribution in [3.8, 4) is 6.07 Å². The lowest BCUT2D eigenvalue weighted by Gasteiger charge is -1.97. The largest absolute Gasteiger partial charge is 0.315 e. The van der Waals surface area contributed by atoms with Crippen molar-refractivity contribution in [2.45, 2.75) is 10.9 Å². The third kappa shape index (κ3) is 2.49. The van der Waals surface area contributed by atoms with Gasteiger partial charge in [-0.3, -0.25) is 10.1 Å². The molecule has 0 aromatic rings. The second kappa shape index (κ2) is 3.49. The molecular formula is C3H2Cl2N2O2. The molecule has 0 aliphatic rings. The lowest BCUT2D eigenvalue weighted by molar-refractivity contribution is -0.496. The van der Waals surface area contributed by atoms with Gasteiger partial charge in [0.15, 0.2) is 0 Å². The van der Waals surface area contributed by atoms with Gasteiger partial charge in [-0.05, 0) is 11.6 Å². The summed E-state index contributed by atoms with van der Waals surface area (Å²) in [7, 11) is 0. The van der Waals surface area contributed by atoms with Crippen LogP contribution in [0.4, 0.5) is 0 Å². The highest BCUT2D eigenvalue weighted by molar-refractivity contribution is 6.30. The van der Waals surface area contributed by atoms with Gasteiger partial charge in [0.05, 0.1) is 6.07 Å². The van der Waals surface area contributed by atoms with Crippen molar-refractivity contribution >= 4 is 23.2 Å². The van der Waals surface area contributed by atoms with Crippen LogP contribution in [0, 0.1) is 21.4 Å². The summed E-state index contributed by atoms with van der Waals surface area (Å²) in [6.45, 7) is 0. The summed E-state index contributed by atoms with van der Waals surface area (Å²) in [6, 6.07) is 1.44. The fourth-order valence-corrected chi connectivity index (χ4v) is 0.317. The Hall–Kier alpha value is -0.530. The fraction of sp³-hybridized carbons (Fsp3) is 0.667. The second-order valence-electron chi connectivity index (χ2n) is 1.19. The van der Waals surface area contributed by atoms with Crippen LogP contribution in [0.5, 0.6) is 0 Å². The molecule has 0 aromatic carbocycles. The third-order valence-electron chi connectivity index (χ3n) is 0.566. The van der Waals surface area contributed by atoms with Gasteiger partial charge in [0.25, 0.3) is 0 Å². The van der Waals surface area contributed by atoms with Gasteiger partial charge in [0.2, 0.25) is 5.38 Å². The monoisotopic (exact) mass is 168 g/mol. The van der Waals surface area contributed by atoms with Gasteiger partial charge in [-0.15, -0.1) is 0 Å². The van der Waals surface area contributed by atoms with Crippen LogP contribution < -0.4 is 0 Å². The van der Waals surface area contributed by atoms with Crippen LogP contribution in [0.15, 0.2) is 0 Å². The van der Waals surface area contributed by atoms with Crippen LogP contribution in [0.3, 0.4) is 0 Å². The summed E-state index contributed by atoms with van der Waals surface area (Å²) in [4.78, 5) is 8.92. The molecular weight excluding hydrogens is 167 g/mol. The van der Waals surface area contributed by atoms with E-state index in [4.69, 9.17) is 28.5 Å². The minimum absolute atomic E-state index is 0.817. The Kier molecular flexibility index (Phi) is 3.28. The molecule has 0 fully saturated rings. The van der Waals surface area contributed by atoms with E-state index >= 15 is 0 Å². The number of hydrogen-bond donors (Lipinski definition) is 0. The van der Waals surface area contributed by atoms with Crippen LogP contribution in [0.25, 0.3) is 0 Å². The van der Waals surface area contributed by atoms with Crippen molar-refractivity contribution in [1.82, 2.24) is 0 Å². The van der Waals surface area contributed by atoms with Crippen molar-refractivity contribution in [1.29, 1.82) is 5.26 Å². The zero-order chi connectivity index (χ0) is 7.44. The number of nitriles is 1. The Morgan fingerprint density at radius 3 is 2.22 bits per heavy atom. The smallest absolute Gasteiger partial charge is 0.263 e. The van der Waals surface area contributed by atoms with Gasteiger partial charge in [0.1, 0.15) is 0 Å². The highest BCUT2D eigenvalue weighted by Crippen LogP contribution is 2.08. The Labute approximate surface area is 61.1 Å². The van der Waals surface area contributed by atoms with E-state index in [9.17, 15) is 10.1 Å². The van der Waals surface area contributed by atoms with E-state index in [0.29, 0.717) is 0 Å². The second-order valence-corrected chi connectivity index (χ2v) is 2.11. The number of nitrogens with zero attached hydrogens (tertiary/aromatic N) is 2. The molecule has 2 unspecified atom stereocenters. The van der Waals surface area contributed by atoms with E-state index in [0.717, 1.165) is 0 Å². The van der Waals surface area contributed by atoms with E-state index in [2.05, 4.69) is 0 Å². The molecule has 0 amide bonds. The summed E-state index contributed by atoms with van der Waals surface area (Å²) >= 11 is 10.1. The summed E-state index contributed by atoms with van der Waals surface area (Å²) in [6.07, 6.45) is 0. The topological polar surface area (TPSA) is 66.9 Å². The normalized spacial score (nSPS) is 15.7. The molecule has 0 aliphatic heterocycles. The molecule has 0 rings (SSSR count). The molecule has 0 spiro atoms. The molecule has 50 valence electrons. The summed E-state index contributed by atoms with van der Waals surface area (Å²) in [5, 5.41) is 16.5. The van der Waals surface area contributed by atoms with Gasteiger partial charge in [-0.2, -0.15) is 5.26 Å². The number of rotatable bonds is 2. The Morgan fingerprint density at radius 1 is 1.67 bits per heavy atom. The first-order valence-corrected chi connectivity index (χ1v) is 2.78. The van der Waals surface area contributed by atoms with Crippen molar-refractivity contribution in [2.75, 3.05) is 0 Å². The first kappa shape index (κ1) is 8.47. The standard InChI is InChI=1S/C3H2Cl2N2O2/c4-2(1-6)3(5)7(8)9/h2-3H. The van der Waals surface area contributed by atoms with Crippen LogP contribution in [0.1, 0.15) is 0 Å². The van der Waals surface area contributed by atoms with E-state index in [1.54, 1.807) is 0 Å². The van der Waals surface area contributed by atoms with Gasteiger partial charge < -0.3 is 0 Å². The molecule has 0 saturated heterocycles. The predicted molar refractivity (Wildman–Crippen MR) is 31.9 cm³/mol. The van der Waals surface area contributed by atoms with E-state index in [-0.39, 0.29) is 0 Å². The van der Waals surface area contributed by atoms with E-state index in [1.165, 1.54) is 6.07 Å². The van der Waals surface area contributed by atoms with Gasteiger partial charge in [0, 0.05) is 4.92 Å². The maximum Gasteiger partial charge on any atom is 0.315 e. The van der Waals surface area contributed by atoms with Gasteiger partial charge >= 0.3 is 5.50 Å². The predicted octanol–water partition coefficient (Wildman–Crippen LogP) is 0.959. The highest BCUT2D eigenvalue weighted by atomic mass is 35.5. The molecule has 9 heavy (non-hydrogen) atoms. The SMILES string of the molecule is N#CC(Cl)C(Cl)[N+](=O)[O-]. The van der Waals surface area contributed by atoms with E-state index in [1.807, 2.05) is 0 Å². The molecule has 6 heteroatoms. The molecule has 2 atom stereocenters. The molecule has 0 aromatic heterocycles. The maximum absolute atomic E-state index is 9.74. The molecule has 0 N–H and O–H groups in total. The van der Waals surface area contributed by atoms with E-state index < -0.39 is 15.8 Å². The number of alkyl halides is 2. The van der Waals surface area contributed by atoms with Crippen LogP contribution in [-0.4, -0.2) is 15.8 Å². The van der Waals surface area contributed by atoms with Crippen LogP contribution in [0.2, 0.25) is 0 Å². The minimum atomic E-state index is -1.52. The third-order valence-corrected chi connectivity index (χ3v) is 1.44. The van der Waals surface area contributed by atoms with Crippen LogP contribution in [-0.2, 0) is 0 Å². The Balaban J connectivity index is 3.91. The Morgan fingerprint density at radius 2 is 2.11 bits per heavy atom. The zero-order valence-electron chi connectivity index (χ0n) is 4.12. The summed E-state index contributed by atoms with van der Waals surface area (Å²) < 4.78 is 0. The molecule has 0 aliphatic carbocycles. The van der Waals surface area contributed by atoms with Crippen molar-refractivity contribution in [2.24, 2.45) is 0 Å². The highest BCUT2D eigenvalue weighted by Gasteiger charge is 2.26. The van der Waals surface area contributed by atoms with Gasteiger partial charge in [-0.1, -0.05) is 11.6 Å². The first-order valence-electron chi connectivity index (χ1n) is 1.91. The summed E-state index contributed by atoms with van der Waals surface area (Å²) in [5.74, 6) is 0. The number of nitro groups is 1. The first-order chi connectivity index (χ1) is 4.09. The quantitative estimate of drug-likeness (QED) is 0.267. The average Bonchev–Trinajstić information content (AvgIpc) is 1.84. The van der Waals surface area contributed by atoms with Crippen LogP contribution >= 0.6 is 23.2 Å². The minimum Gasteiger partial charge on any atom is -0.263 e. The number of hydrogen-bond acceptors (Lipinski definition) is 3. The lowest BCUT2D eigenvalue weighted by Crippen LogP contribution is -2.22. The molecule has 0 bridgehead atoms. The van der Waals surface area contributed by atoms with Crippen molar-refractivity contribution in [3.05, 3.63) is 10.1 Å². The summed E-state index contributed by atoms with van der Waals surface area (Å²) in [5.41, 5.74) is -1.52. The fourth-order valence-electron chi connectivity index (χ4n) is 0.168. The maximum atomic E-state index is 9.74. The zero-order valence-corrected chi connectivity index (χ0v) is 5.63.